The molecule has 21 heavy (non-hydrogen) atoms. The Kier molecular flexibility index (Phi) is 5.48. The fourth-order valence-corrected chi connectivity index (χ4v) is 2.78. The van der Waals surface area contributed by atoms with Crippen LogP contribution in [0.2, 0.25) is 10.0 Å². The van der Waals surface area contributed by atoms with E-state index in [-0.39, 0.29) is 17.8 Å². The molecule has 0 unspecified atom stereocenters. The molecule has 1 heterocycles. The summed E-state index contributed by atoms with van der Waals surface area (Å²) in [4.78, 5) is 25.8. The van der Waals surface area contributed by atoms with Gasteiger partial charge in [0.25, 0.3) is 5.91 Å². The van der Waals surface area contributed by atoms with Crippen LogP contribution in [-0.2, 0) is 9.53 Å². The molecule has 1 aliphatic heterocycles. The van der Waals surface area contributed by atoms with E-state index in [1.54, 1.807) is 30.0 Å². The van der Waals surface area contributed by atoms with Crippen molar-refractivity contribution in [1.29, 1.82) is 0 Å². The minimum absolute atomic E-state index is 0.121. The highest BCUT2D eigenvalue weighted by Gasteiger charge is 2.29. The van der Waals surface area contributed by atoms with Crippen molar-refractivity contribution in [1.82, 2.24) is 4.90 Å². The van der Waals surface area contributed by atoms with Gasteiger partial charge in [0.05, 0.1) is 23.1 Å². The molecule has 1 aromatic carbocycles. The number of halogens is 2. The van der Waals surface area contributed by atoms with Crippen molar-refractivity contribution in [2.24, 2.45) is 5.92 Å². The minimum Gasteiger partial charge on any atom is -0.466 e. The van der Waals surface area contributed by atoms with Gasteiger partial charge in [-0.3, -0.25) is 9.59 Å². The van der Waals surface area contributed by atoms with Crippen LogP contribution in [0, 0.1) is 5.92 Å². The molecule has 1 amide bonds. The van der Waals surface area contributed by atoms with Crippen LogP contribution in [0.5, 0.6) is 0 Å². The second-order valence-electron chi connectivity index (χ2n) is 4.94. The number of benzene rings is 1. The van der Waals surface area contributed by atoms with Gasteiger partial charge in [-0.1, -0.05) is 23.2 Å². The van der Waals surface area contributed by atoms with Crippen LogP contribution in [-0.4, -0.2) is 36.5 Å². The number of esters is 1. The van der Waals surface area contributed by atoms with Gasteiger partial charge in [-0.25, -0.2) is 0 Å². The predicted octanol–water partition coefficient (Wildman–Crippen LogP) is 3.41. The van der Waals surface area contributed by atoms with E-state index >= 15 is 0 Å². The Morgan fingerprint density at radius 3 is 2.57 bits per heavy atom. The third-order valence-corrected chi connectivity index (χ3v) is 4.13. The summed E-state index contributed by atoms with van der Waals surface area (Å²) in [5.41, 5.74) is 0.402. The second-order valence-corrected chi connectivity index (χ2v) is 5.79. The Morgan fingerprint density at radius 1 is 1.29 bits per heavy atom. The van der Waals surface area contributed by atoms with Crippen molar-refractivity contribution in [3.8, 4) is 0 Å². The van der Waals surface area contributed by atoms with E-state index in [4.69, 9.17) is 27.9 Å². The van der Waals surface area contributed by atoms with Crippen molar-refractivity contribution in [3.63, 3.8) is 0 Å². The first-order valence-corrected chi connectivity index (χ1v) is 7.69. The smallest absolute Gasteiger partial charge is 0.309 e. The Morgan fingerprint density at radius 2 is 1.95 bits per heavy atom. The Labute approximate surface area is 134 Å². The van der Waals surface area contributed by atoms with Crippen LogP contribution in [0.15, 0.2) is 18.2 Å². The Balaban J connectivity index is 2.00. The number of nitrogens with zero attached hydrogens (tertiary/aromatic N) is 1. The highest BCUT2D eigenvalue weighted by Crippen LogP contribution is 2.25. The number of amides is 1. The Bertz CT molecular complexity index is 540. The molecule has 0 atom stereocenters. The van der Waals surface area contributed by atoms with Crippen molar-refractivity contribution < 1.29 is 14.3 Å². The van der Waals surface area contributed by atoms with E-state index in [0.29, 0.717) is 48.1 Å². The van der Waals surface area contributed by atoms with Gasteiger partial charge in [0.15, 0.2) is 0 Å². The molecule has 4 nitrogen and oxygen atoms in total. The molecular formula is C15H17Cl2NO3. The van der Waals surface area contributed by atoms with Crippen molar-refractivity contribution >= 4 is 35.1 Å². The zero-order chi connectivity index (χ0) is 15.4. The highest BCUT2D eigenvalue weighted by molar-refractivity contribution is 6.35. The van der Waals surface area contributed by atoms with Crippen LogP contribution in [0.4, 0.5) is 0 Å². The number of hydrogen-bond donors (Lipinski definition) is 0. The maximum atomic E-state index is 12.4. The van der Waals surface area contributed by atoms with Gasteiger partial charge in [0.2, 0.25) is 0 Å². The summed E-state index contributed by atoms with van der Waals surface area (Å²) in [6.07, 6.45) is 1.23. The lowest BCUT2D eigenvalue weighted by Crippen LogP contribution is -2.40. The summed E-state index contributed by atoms with van der Waals surface area (Å²) in [5.74, 6) is -0.445. The van der Waals surface area contributed by atoms with E-state index in [2.05, 4.69) is 0 Å². The quantitative estimate of drug-likeness (QED) is 0.798. The molecular weight excluding hydrogens is 313 g/mol. The van der Waals surface area contributed by atoms with Gasteiger partial charge in [0, 0.05) is 18.1 Å². The summed E-state index contributed by atoms with van der Waals surface area (Å²) in [6.45, 7) is 3.21. The molecule has 0 saturated carbocycles. The number of rotatable bonds is 3. The fraction of sp³-hybridized carbons (Fsp3) is 0.467. The molecule has 1 fully saturated rings. The first kappa shape index (κ1) is 16.1. The largest absolute Gasteiger partial charge is 0.466 e. The van der Waals surface area contributed by atoms with Crippen molar-refractivity contribution in [2.75, 3.05) is 19.7 Å². The molecule has 6 heteroatoms. The maximum Gasteiger partial charge on any atom is 0.309 e. The lowest BCUT2D eigenvalue weighted by atomic mass is 9.96. The lowest BCUT2D eigenvalue weighted by molar-refractivity contribution is -0.149. The SMILES string of the molecule is CCOC(=O)C1CCN(C(=O)c2cc(Cl)ccc2Cl)CC1. The summed E-state index contributed by atoms with van der Waals surface area (Å²) in [6, 6.07) is 4.83. The van der Waals surface area contributed by atoms with Gasteiger partial charge in [-0.15, -0.1) is 0 Å². The van der Waals surface area contributed by atoms with Crippen LogP contribution < -0.4 is 0 Å². The zero-order valence-corrected chi connectivity index (χ0v) is 13.3. The number of piperidine rings is 1. The molecule has 2 rings (SSSR count). The molecule has 114 valence electrons. The molecule has 0 spiro atoms. The number of carbonyl (C=O) groups excluding carboxylic acids is 2. The molecule has 1 aliphatic rings. The topological polar surface area (TPSA) is 46.6 Å². The van der Waals surface area contributed by atoms with Crippen LogP contribution in [0.1, 0.15) is 30.1 Å². The molecule has 0 N–H and O–H groups in total. The summed E-state index contributed by atoms with van der Waals surface area (Å²) in [5, 5.41) is 0.862. The van der Waals surface area contributed by atoms with E-state index < -0.39 is 0 Å². The maximum absolute atomic E-state index is 12.4. The molecule has 0 bridgehead atoms. The number of ether oxygens (including phenoxy) is 1. The standard InChI is InChI=1S/C15H17Cl2NO3/c1-2-21-15(20)10-5-7-18(8-6-10)14(19)12-9-11(16)3-4-13(12)17/h3-4,9-10H,2,5-8H2,1H3. The third-order valence-electron chi connectivity index (χ3n) is 3.56. The molecule has 1 aromatic rings. The fourth-order valence-electron chi connectivity index (χ4n) is 2.41. The minimum atomic E-state index is -0.176. The predicted molar refractivity (Wildman–Crippen MR) is 81.7 cm³/mol. The van der Waals surface area contributed by atoms with Crippen LogP contribution >= 0.6 is 23.2 Å². The Hall–Kier alpha value is -1.26. The zero-order valence-electron chi connectivity index (χ0n) is 11.8. The van der Waals surface area contributed by atoms with Crippen LogP contribution in [0.3, 0.4) is 0 Å². The lowest BCUT2D eigenvalue weighted by Gasteiger charge is -2.31. The van der Waals surface area contributed by atoms with Gasteiger partial charge >= 0.3 is 5.97 Å². The van der Waals surface area contributed by atoms with Crippen molar-refractivity contribution in [2.45, 2.75) is 19.8 Å². The monoisotopic (exact) mass is 329 g/mol. The normalized spacial score (nSPS) is 15.9. The van der Waals surface area contributed by atoms with Gasteiger partial charge < -0.3 is 9.64 Å². The summed E-state index contributed by atoms with van der Waals surface area (Å²) >= 11 is 12.0. The first-order valence-electron chi connectivity index (χ1n) is 6.94. The van der Waals surface area contributed by atoms with Crippen LogP contribution in [0.25, 0.3) is 0 Å². The second kappa shape index (κ2) is 7.14. The molecule has 0 aliphatic carbocycles. The number of hydrogen-bond acceptors (Lipinski definition) is 3. The highest BCUT2D eigenvalue weighted by atomic mass is 35.5. The average Bonchev–Trinajstić information content (AvgIpc) is 2.49. The summed E-state index contributed by atoms with van der Waals surface area (Å²) in [7, 11) is 0. The molecule has 0 aromatic heterocycles. The van der Waals surface area contributed by atoms with Crippen molar-refractivity contribution in [3.05, 3.63) is 33.8 Å². The third kappa shape index (κ3) is 3.89. The van der Waals surface area contributed by atoms with Gasteiger partial charge in [-0.2, -0.15) is 0 Å². The number of likely N-dealkylation sites (tertiary alicyclic amines) is 1. The van der Waals surface area contributed by atoms with E-state index in [0.717, 1.165) is 0 Å². The first-order chi connectivity index (χ1) is 10.0. The summed E-state index contributed by atoms with van der Waals surface area (Å²) < 4.78 is 5.02. The average molecular weight is 330 g/mol. The van der Waals surface area contributed by atoms with Gasteiger partial charge in [0.1, 0.15) is 0 Å². The van der Waals surface area contributed by atoms with Gasteiger partial charge in [-0.05, 0) is 38.0 Å². The molecule has 0 radical (unpaired) electrons. The van der Waals surface area contributed by atoms with E-state index in [1.807, 2.05) is 0 Å². The van der Waals surface area contributed by atoms with E-state index in [1.165, 1.54) is 0 Å². The van der Waals surface area contributed by atoms with E-state index in [9.17, 15) is 9.59 Å². The number of carbonyl (C=O) groups is 2. The molecule has 1 saturated heterocycles.